The fraction of sp³-hybridized carbons (Fsp3) is 0.400. The van der Waals surface area contributed by atoms with Gasteiger partial charge in [-0.3, -0.25) is 0 Å². The predicted molar refractivity (Wildman–Crippen MR) is 44.0 cm³/mol. The molecule has 2 nitrogen and oxygen atoms in total. The van der Waals surface area contributed by atoms with Gasteiger partial charge in [-0.25, -0.2) is 0 Å². The predicted octanol–water partition coefficient (Wildman–Crippen LogP) is -4.86. The Morgan fingerprint density at radius 1 is 1.00 bits per heavy atom. The second-order valence-electron chi connectivity index (χ2n) is 3.91. The molecule has 0 unspecified atom stereocenters. The zero-order chi connectivity index (χ0) is 9.35. The molecule has 0 N–H and O–H groups in total. The minimum atomic E-state index is -0.239. The Morgan fingerprint density at radius 3 is 1.86 bits per heavy atom. The van der Waals surface area contributed by atoms with Gasteiger partial charge in [0, 0.05) is 0 Å². The molecule has 66 valence electrons. The summed E-state index contributed by atoms with van der Waals surface area (Å²) in [5, 5.41) is 22.2. The molecule has 14 heavy (non-hydrogen) atoms. The van der Waals surface area contributed by atoms with Crippen LogP contribution < -0.4 is 113 Å². The molecule has 1 aromatic rings. The third-order valence-corrected chi connectivity index (χ3v) is 1.76. The number of rotatable bonds is 0. The summed E-state index contributed by atoms with van der Waals surface area (Å²) in [6.45, 7) is 5.76. The quantitative estimate of drug-likeness (QED) is 0.428. The van der Waals surface area contributed by atoms with Crippen molar-refractivity contribution in [1.29, 1.82) is 0 Å². The van der Waals surface area contributed by atoms with Crippen LogP contribution in [0.3, 0.4) is 0 Å². The van der Waals surface area contributed by atoms with Crippen LogP contribution in [-0.4, -0.2) is 0 Å². The third kappa shape index (κ3) is 5.43. The zero-order valence-corrected chi connectivity index (χ0v) is 15.8. The first-order chi connectivity index (χ1) is 5.41. The van der Waals surface area contributed by atoms with E-state index < -0.39 is 0 Å². The van der Waals surface area contributed by atoms with Crippen LogP contribution in [-0.2, 0) is 5.41 Å². The van der Waals surface area contributed by atoms with E-state index in [1.165, 1.54) is 18.2 Å². The first-order valence-corrected chi connectivity index (χ1v) is 3.90. The molecule has 0 aliphatic carbocycles. The summed E-state index contributed by atoms with van der Waals surface area (Å²) in [5.41, 5.74) is 0.354. The van der Waals surface area contributed by atoms with E-state index in [0.29, 0.717) is 5.56 Å². The van der Waals surface area contributed by atoms with Crippen LogP contribution in [0.2, 0.25) is 0 Å². The molecular formula is C10H12K2O2. The number of hydrogen-bond donors (Lipinski definition) is 0. The van der Waals surface area contributed by atoms with Gasteiger partial charge in [-0.2, -0.15) is 0 Å². The van der Waals surface area contributed by atoms with Gasteiger partial charge in [-0.05, 0) is 5.41 Å². The van der Waals surface area contributed by atoms with Crippen LogP contribution in [0.15, 0.2) is 18.2 Å². The Bertz CT molecular complexity index is 293. The van der Waals surface area contributed by atoms with Crippen molar-refractivity contribution in [2.45, 2.75) is 26.2 Å². The van der Waals surface area contributed by atoms with Gasteiger partial charge in [0.15, 0.2) is 0 Å². The Balaban J connectivity index is 0. The molecule has 0 radical (unpaired) electrons. The molecule has 0 spiro atoms. The van der Waals surface area contributed by atoms with Gasteiger partial charge in [0.2, 0.25) is 0 Å². The summed E-state index contributed by atoms with van der Waals surface area (Å²) in [4.78, 5) is 0. The molecule has 0 aromatic heterocycles. The van der Waals surface area contributed by atoms with Gasteiger partial charge < -0.3 is 10.2 Å². The molecule has 4 heteroatoms. The van der Waals surface area contributed by atoms with E-state index in [2.05, 4.69) is 0 Å². The van der Waals surface area contributed by atoms with E-state index in [4.69, 9.17) is 0 Å². The standard InChI is InChI=1S/C10H14O2.2K/c1-10(2,3)8-6-7(11)4-5-9(8)12;;/h4-6,11-12H,1-3H3;;/q;2*+1/p-2. The molecule has 0 aliphatic rings. The van der Waals surface area contributed by atoms with E-state index in [1.54, 1.807) is 0 Å². The average Bonchev–Trinajstić information content (AvgIpc) is 1.92. The molecule has 1 rings (SSSR count). The van der Waals surface area contributed by atoms with Gasteiger partial charge in [0.25, 0.3) is 0 Å². The van der Waals surface area contributed by atoms with E-state index in [0.717, 1.165) is 0 Å². The van der Waals surface area contributed by atoms with Crippen LogP contribution in [0.25, 0.3) is 0 Å². The van der Waals surface area contributed by atoms with E-state index >= 15 is 0 Å². The maximum Gasteiger partial charge on any atom is 1.00 e. The first kappa shape index (κ1) is 18.5. The number of benzene rings is 1. The number of hydrogen-bond acceptors (Lipinski definition) is 2. The van der Waals surface area contributed by atoms with Crippen molar-refractivity contribution in [3.8, 4) is 11.5 Å². The topological polar surface area (TPSA) is 46.1 Å². The van der Waals surface area contributed by atoms with Crippen molar-refractivity contribution < 1.29 is 113 Å². The summed E-state index contributed by atoms with van der Waals surface area (Å²) in [5.74, 6) is -0.151. The molecular weight excluding hydrogens is 230 g/mol. The smallest absolute Gasteiger partial charge is 0.872 e. The summed E-state index contributed by atoms with van der Waals surface area (Å²) < 4.78 is 0. The Kier molecular flexibility index (Phi) is 9.79. The molecule has 1 aromatic carbocycles. The monoisotopic (exact) mass is 242 g/mol. The molecule has 0 bridgehead atoms. The molecule has 0 saturated carbocycles. The maximum atomic E-state index is 11.3. The van der Waals surface area contributed by atoms with E-state index in [9.17, 15) is 10.2 Å². The average molecular weight is 242 g/mol. The Labute approximate surface area is 170 Å². The maximum absolute atomic E-state index is 11.3. The fourth-order valence-corrected chi connectivity index (χ4v) is 1.10. The van der Waals surface area contributed by atoms with Crippen LogP contribution in [0.5, 0.6) is 11.5 Å². The molecule has 0 saturated heterocycles. The van der Waals surface area contributed by atoms with Gasteiger partial charge in [-0.1, -0.05) is 44.5 Å². The summed E-state index contributed by atoms with van der Waals surface area (Å²) in [6.07, 6.45) is 0. The van der Waals surface area contributed by atoms with E-state index in [-0.39, 0.29) is 120 Å². The zero-order valence-electron chi connectivity index (χ0n) is 9.55. The van der Waals surface area contributed by atoms with Crippen molar-refractivity contribution in [3.63, 3.8) is 0 Å². The summed E-state index contributed by atoms with van der Waals surface area (Å²) >= 11 is 0. The largest absolute Gasteiger partial charge is 1.00 e. The molecule has 0 atom stereocenters. The normalized spacial score (nSPS) is 9.93. The van der Waals surface area contributed by atoms with Crippen LogP contribution in [0, 0.1) is 0 Å². The minimum Gasteiger partial charge on any atom is -0.872 e. The van der Waals surface area contributed by atoms with Crippen molar-refractivity contribution in [3.05, 3.63) is 23.8 Å². The first-order valence-electron chi connectivity index (χ1n) is 3.90. The van der Waals surface area contributed by atoms with Crippen molar-refractivity contribution in [2.75, 3.05) is 0 Å². The van der Waals surface area contributed by atoms with Crippen LogP contribution >= 0.6 is 0 Å². The summed E-state index contributed by atoms with van der Waals surface area (Å²) in [7, 11) is 0. The molecule has 0 amide bonds. The van der Waals surface area contributed by atoms with Gasteiger partial charge in [0.05, 0.1) is 0 Å². The van der Waals surface area contributed by atoms with Crippen molar-refractivity contribution in [1.82, 2.24) is 0 Å². The van der Waals surface area contributed by atoms with Crippen LogP contribution in [0.1, 0.15) is 26.3 Å². The minimum absolute atomic E-state index is 0. The molecule has 0 aliphatic heterocycles. The second kappa shape index (κ2) is 7.42. The Morgan fingerprint density at radius 2 is 1.50 bits per heavy atom. The van der Waals surface area contributed by atoms with E-state index in [1.807, 2.05) is 20.8 Å². The van der Waals surface area contributed by atoms with Crippen molar-refractivity contribution >= 4 is 0 Å². The fourth-order valence-electron chi connectivity index (χ4n) is 1.10. The molecule has 0 fully saturated rings. The van der Waals surface area contributed by atoms with Gasteiger partial charge in [0.1, 0.15) is 0 Å². The summed E-state index contributed by atoms with van der Waals surface area (Å²) in [6, 6.07) is 4.06. The van der Waals surface area contributed by atoms with Gasteiger partial charge >= 0.3 is 103 Å². The molecule has 0 heterocycles. The van der Waals surface area contributed by atoms with Gasteiger partial charge in [-0.15, -0.1) is 11.5 Å². The third-order valence-electron chi connectivity index (χ3n) is 1.76. The SMILES string of the molecule is CC(C)(C)c1cc([O-])ccc1[O-].[K+].[K+]. The van der Waals surface area contributed by atoms with Crippen LogP contribution in [0.4, 0.5) is 0 Å². The Hall–Kier alpha value is 2.09. The van der Waals surface area contributed by atoms with Crippen molar-refractivity contribution in [2.24, 2.45) is 0 Å². The second-order valence-corrected chi connectivity index (χ2v) is 3.91.